The van der Waals surface area contributed by atoms with Gasteiger partial charge in [-0.3, -0.25) is 9.62 Å². The standard InChI is InChI=1S/C21H26N6O5S/c1-29-9-5-8-27(33)21(28)26-17-7-6-14-20(24-17)25-18(12-22-14)23-13-10-15(30-2)19(32-4)16(11-13)31-3/h6-7,10-12,33H,5,8-9H2,1-4H3,(H2,23,24,25,26,28). The summed E-state index contributed by atoms with van der Waals surface area (Å²) in [5.74, 6) is 2.26. The molecule has 12 heteroatoms. The highest BCUT2D eigenvalue weighted by Crippen LogP contribution is 2.40. The van der Waals surface area contributed by atoms with Gasteiger partial charge in [-0.15, -0.1) is 0 Å². The predicted molar refractivity (Wildman–Crippen MR) is 128 cm³/mol. The van der Waals surface area contributed by atoms with Crippen molar-refractivity contribution in [1.82, 2.24) is 19.3 Å². The Labute approximate surface area is 197 Å². The van der Waals surface area contributed by atoms with E-state index in [-0.39, 0.29) is 0 Å². The van der Waals surface area contributed by atoms with Crippen molar-refractivity contribution >= 4 is 47.3 Å². The zero-order valence-corrected chi connectivity index (χ0v) is 19.7. The predicted octanol–water partition coefficient (Wildman–Crippen LogP) is 3.51. The number of urea groups is 1. The average molecular weight is 475 g/mol. The molecule has 3 aromatic rings. The number of methoxy groups -OCH3 is 4. The first kappa shape index (κ1) is 24.1. The first-order chi connectivity index (χ1) is 16.0. The zero-order chi connectivity index (χ0) is 23.8. The van der Waals surface area contributed by atoms with E-state index in [2.05, 4.69) is 38.4 Å². The van der Waals surface area contributed by atoms with Crippen LogP contribution in [0.3, 0.4) is 0 Å². The van der Waals surface area contributed by atoms with Gasteiger partial charge in [-0.25, -0.2) is 19.7 Å². The molecule has 2 aromatic heterocycles. The SMILES string of the molecule is COCCCN(S)C(=O)Nc1ccc2ncc(Nc3cc(OC)c(OC)c(OC)c3)nc2n1. The van der Waals surface area contributed by atoms with Crippen molar-refractivity contribution in [3.05, 3.63) is 30.5 Å². The molecular formula is C21H26N6O5S. The Hall–Kier alpha value is -3.51. The molecule has 0 fully saturated rings. The molecule has 2 heterocycles. The van der Waals surface area contributed by atoms with Gasteiger partial charge in [0.2, 0.25) is 5.75 Å². The fourth-order valence-electron chi connectivity index (χ4n) is 2.96. The normalized spacial score (nSPS) is 10.6. The first-order valence-electron chi connectivity index (χ1n) is 9.96. The third-order valence-electron chi connectivity index (χ3n) is 4.53. The summed E-state index contributed by atoms with van der Waals surface area (Å²) in [7, 11) is 6.23. The summed E-state index contributed by atoms with van der Waals surface area (Å²) in [6.07, 6.45) is 2.25. The third kappa shape index (κ3) is 6.05. The lowest BCUT2D eigenvalue weighted by Gasteiger charge is -2.16. The van der Waals surface area contributed by atoms with E-state index in [9.17, 15) is 4.79 Å². The van der Waals surface area contributed by atoms with Crippen LogP contribution in [0.4, 0.5) is 22.1 Å². The van der Waals surface area contributed by atoms with Gasteiger partial charge in [0.05, 0.1) is 27.5 Å². The van der Waals surface area contributed by atoms with Gasteiger partial charge in [-0.2, -0.15) is 0 Å². The average Bonchev–Trinajstić information content (AvgIpc) is 2.83. The molecule has 2 N–H and O–H groups in total. The van der Waals surface area contributed by atoms with Crippen LogP contribution in [-0.2, 0) is 4.74 Å². The summed E-state index contributed by atoms with van der Waals surface area (Å²) >= 11 is 4.19. The van der Waals surface area contributed by atoms with E-state index in [1.165, 1.54) is 11.4 Å². The molecule has 2 amide bonds. The second-order valence-corrected chi connectivity index (χ2v) is 7.22. The number of fused-ring (bicyclic) bond motifs is 1. The number of hydrogen-bond donors (Lipinski definition) is 3. The van der Waals surface area contributed by atoms with Crippen LogP contribution in [-0.4, -0.2) is 66.9 Å². The molecule has 11 nitrogen and oxygen atoms in total. The van der Waals surface area contributed by atoms with Crippen LogP contribution in [0.2, 0.25) is 0 Å². The second kappa shape index (κ2) is 11.4. The van der Waals surface area contributed by atoms with E-state index in [1.54, 1.807) is 51.8 Å². The molecule has 0 spiro atoms. The Morgan fingerprint density at radius 3 is 2.36 bits per heavy atom. The van der Waals surface area contributed by atoms with Crippen LogP contribution in [0.5, 0.6) is 17.2 Å². The van der Waals surface area contributed by atoms with Gasteiger partial charge in [-0.05, 0) is 18.6 Å². The fraction of sp³-hybridized carbons (Fsp3) is 0.333. The number of hydrogen-bond acceptors (Lipinski definition) is 10. The van der Waals surface area contributed by atoms with Crippen LogP contribution in [0.15, 0.2) is 30.5 Å². The Morgan fingerprint density at radius 2 is 1.73 bits per heavy atom. The minimum atomic E-state index is -0.402. The molecule has 0 aliphatic heterocycles. The maximum absolute atomic E-state index is 12.3. The van der Waals surface area contributed by atoms with Crippen molar-refractivity contribution in [1.29, 1.82) is 0 Å². The lowest BCUT2D eigenvalue weighted by atomic mass is 10.2. The molecule has 3 rings (SSSR count). The summed E-state index contributed by atoms with van der Waals surface area (Å²) in [5.41, 5.74) is 1.59. The van der Waals surface area contributed by atoms with E-state index in [1.807, 2.05) is 0 Å². The molecule has 0 radical (unpaired) electrons. The van der Waals surface area contributed by atoms with E-state index >= 15 is 0 Å². The Morgan fingerprint density at radius 1 is 1.03 bits per heavy atom. The van der Waals surface area contributed by atoms with Gasteiger partial charge < -0.3 is 24.3 Å². The van der Waals surface area contributed by atoms with Crippen LogP contribution < -0.4 is 24.8 Å². The minimum absolute atomic E-state index is 0.331. The molecule has 0 unspecified atom stereocenters. The largest absolute Gasteiger partial charge is 0.493 e. The molecule has 0 aliphatic carbocycles. The minimum Gasteiger partial charge on any atom is -0.493 e. The summed E-state index contributed by atoms with van der Waals surface area (Å²) in [6.45, 7) is 0.967. The number of anilines is 3. The highest BCUT2D eigenvalue weighted by atomic mass is 32.1. The lowest BCUT2D eigenvalue weighted by molar-refractivity contribution is 0.188. The van der Waals surface area contributed by atoms with E-state index in [0.29, 0.717) is 65.3 Å². The van der Waals surface area contributed by atoms with Gasteiger partial charge in [0, 0.05) is 38.1 Å². The highest BCUT2D eigenvalue weighted by molar-refractivity contribution is 7.78. The number of carbonyl (C=O) groups excluding carboxylic acids is 1. The topological polar surface area (TPSA) is 120 Å². The van der Waals surface area contributed by atoms with Crippen molar-refractivity contribution in [3.63, 3.8) is 0 Å². The van der Waals surface area contributed by atoms with Gasteiger partial charge in [0.1, 0.15) is 11.3 Å². The number of amides is 2. The number of nitrogens with one attached hydrogen (secondary N) is 2. The Kier molecular flexibility index (Phi) is 8.33. The van der Waals surface area contributed by atoms with Crippen molar-refractivity contribution < 1.29 is 23.7 Å². The number of thiol groups is 1. The molecule has 0 bridgehead atoms. The molecular weight excluding hydrogens is 448 g/mol. The fourth-order valence-corrected chi connectivity index (χ4v) is 3.15. The molecule has 0 aliphatic rings. The van der Waals surface area contributed by atoms with Crippen LogP contribution >= 0.6 is 12.8 Å². The quantitative estimate of drug-likeness (QED) is 0.299. The number of carbonyl (C=O) groups is 1. The molecule has 176 valence electrons. The van der Waals surface area contributed by atoms with Gasteiger partial charge in [0.25, 0.3) is 0 Å². The Balaban J connectivity index is 1.79. The van der Waals surface area contributed by atoms with E-state index in [4.69, 9.17) is 18.9 Å². The number of benzene rings is 1. The van der Waals surface area contributed by atoms with Crippen molar-refractivity contribution in [2.45, 2.75) is 6.42 Å². The highest BCUT2D eigenvalue weighted by Gasteiger charge is 2.14. The number of rotatable bonds is 10. The first-order valence-corrected chi connectivity index (χ1v) is 10.4. The number of nitrogens with zero attached hydrogens (tertiary/aromatic N) is 4. The van der Waals surface area contributed by atoms with Crippen molar-refractivity contribution in [2.24, 2.45) is 0 Å². The van der Waals surface area contributed by atoms with Crippen LogP contribution in [0.25, 0.3) is 11.2 Å². The van der Waals surface area contributed by atoms with Gasteiger partial charge >= 0.3 is 6.03 Å². The van der Waals surface area contributed by atoms with Crippen molar-refractivity contribution in [2.75, 3.05) is 52.2 Å². The van der Waals surface area contributed by atoms with Crippen molar-refractivity contribution in [3.8, 4) is 17.2 Å². The number of ether oxygens (including phenoxy) is 4. The maximum Gasteiger partial charge on any atom is 0.332 e. The summed E-state index contributed by atoms with van der Waals surface area (Å²) < 4.78 is 22.3. The maximum atomic E-state index is 12.3. The lowest BCUT2D eigenvalue weighted by Crippen LogP contribution is -2.28. The third-order valence-corrected chi connectivity index (χ3v) is 4.91. The van der Waals surface area contributed by atoms with Crippen LogP contribution in [0.1, 0.15) is 6.42 Å². The zero-order valence-electron chi connectivity index (χ0n) is 18.8. The molecule has 1 aromatic carbocycles. The summed E-state index contributed by atoms with van der Waals surface area (Å²) in [5, 5.41) is 5.85. The van der Waals surface area contributed by atoms with Gasteiger partial charge in [-0.1, -0.05) is 12.8 Å². The number of pyridine rings is 1. The molecule has 0 saturated heterocycles. The van der Waals surface area contributed by atoms with Gasteiger partial charge in [0.15, 0.2) is 23.0 Å². The molecule has 0 atom stereocenters. The van der Waals surface area contributed by atoms with Crippen LogP contribution in [0, 0.1) is 0 Å². The monoisotopic (exact) mass is 474 g/mol. The molecule has 0 saturated carbocycles. The molecule has 33 heavy (non-hydrogen) atoms. The Bertz CT molecular complexity index is 1090. The second-order valence-electron chi connectivity index (χ2n) is 6.73. The van der Waals surface area contributed by atoms with E-state index < -0.39 is 6.03 Å². The summed E-state index contributed by atoms with van der Waals surface area (Å²) in [4.78, 5) is 25.6. The number of aromatic nitrogens is 3. The smallest absolute Gasteiger partial charge is 0.332 e. The van der Waals surface area contributed by atoms with E-state index in [0.717, 1.165) is 0 Å². The summed E-state index contributed by atoms with van der Waals surface area (Å²) in [6, 6.07) is 6.48.